The van der Waals surface area contributed by atoms with E-state index in [2.05, 4.69) is 29.6 Å². The van der Waals surface area contributed by atoms with Gasteiger partial charge in [-0.15, -0.1) is 0 Å². The van der Waals surface area contributed by atoms with E-state index >= 15 is 0 Å². The Morgan fingerprint density at radius 2 is 1.52 bits per heavy atom. The van der Waals surface area contributed by atoms with Gasteiger partial charge in [-0.25, -0.2) is 0 Å². The van der Waals surface area contributed by atoms with Gasteiger partial charge in [0, 0.05) is 7.05 Å². The van der Waals surface area contributed by atoms with Crippen LogP contribution >= 0.6 is 0 Å². The van der Waals surface area contributed by atoms with Gasteiger partial charge in [0.25, 0.3) is 0 Å². The summed E-state index contributed by atoms with van der Waals surface area (Å²) in [5.74, 6) is -0.426. The Labute approximate surface area is 161 Å². The molecular weight excluding hydrogens is 338 g/mol. The summed E-state index contributed by atoms with van der Waals surface area (Å²) in [6.45, 7) is 5.66. The fourth-order valence-corrected chi connectivity index (χ4v) is 2.73. The second-order valence-electron chi connectivity index (χ2n) is 7.16. The van der Waals surface area contributed by atoms with Crippen molar-refractivity contribution < 1.29 is 9.59 Å². The number of rotatable bonds is 7. The van der Waals surface area contributed by atoms with Crippen LogP contribution in [0.5, 0.6) is 0 Å². The standard InChI is InChI=1S/C22H29N3O2/c1-15(2)21(23)22(27)24-14-20(26)25(4)16(3)17-10-12-19(13-11-17)18-8-6-5-7-9-18/h5-13,15-16,21H,14,23H2,1-4H3,(H,24,27)/t16?,21-/m0/s1. The number of amides is 2. The third kappa shape index (κ3) is 5.41. The topological polar surface area (TPSA) is 75.4 Å². The summed E-state index contributed by atoms with van der Waals surface area (Å²) in [6.07, 6.45) is 0. The van der Waals surface area contributed by atoms with Crippen LogP contribution in [0.15, 0.2) is 54.6 Å². The van der Waals surface area contributed by atoms with Crippen molar-refractivity contribution in [3.05, 3.63) is 60.2 Å². The molecular formula is C22H29N3O2. The van der Waals surface area contributed by atoms with Crippen LogP contribution in [0, 0.1) is 5.92 Å². The Hall–Kier alpha value is -2.66. The first-order chi connectivity index (χ1) is 12.8. The predicted octanol–water partition coefficient (Wildman–Crippen LogP) is 2.97. The molecule has 0 aliphatic rings. The van der Waals surface area contributed by atoms with Gasteiger partial charge in [-0.3, -0.25) is 9.59 Å². The number of nitrogens with zero attached hydrogens (tertiary/aromatic N) is 1. The van der Waals surface area contributed by atoms with E-state index < -0.39 is 6.04 Å². The van der Waals surface area contributed by atoms with E-state index in [9.17, 15) is 9.59 Å². The Morgan fingerprint density at radius 3 is 2.07 bits per heavy atom. The van der Waals surface area contributed by atoms with Gasteiger partial charge in [-0.05, 0) is 29.5 Å². The van der Waals surface area contributed by atoms with Crippen LogP contribution in [-0.4, -0.2) is 36.3 Å². The summed E-state index contributed by atoms with van der Waals surface area (Å²) in [4.78, 5) is 26.0. The molecule has 0 bridgehead atoms. The van der Waals surface area contributed by atoms with Gasteiger partial charge in [0.05, 0.1) is 18.6 Å². The molecule has 0 saturated carbocycles. The highest BCUT2D eigenvalue weighted by Crippen LogP contribution is 2.24. The molecule has 3 N–H and O–H groups in total. The van der Waals surface area contributed by atoms with E-state index in [1.54, 1.807) is 11.9 Å². The van der Waals surface area contributed by atoms with E-state index in [-0.39, 0.29) is 30.3 Å². The van der Waals surface area contributed by atoms with Crippen LogP contribution in [0.25, 0.3) is 11.1 Å². The monoisotopic (exact) mass is 367 g/mol. The second-order valence-corrected chi connectivity index (χ2v) is 7.16. The number of nitrogens with one attached hydrogen (secondary N) is 1. The first-order valence-electron chi connectivity index (χ1n) is 9.25. The molecule has 2 atom stereocenters. The van der Waals surface area contributed by atoms with Gasteiger partial charge in [0.1, 0.15) is 0 Å². The molecule has 0 heterocycles. The van der Waals surface area contributed by atoms with Crippen LogP contribution in [0.2, 0.25) is 0 Å². The summed E-state index contributed by atoms with van der Waals surface area (Å²) in [6, 6.07) is 17.6. The molecule has 0 fully saturated rings. The molecule has 144 valence electrons. The van der Waals surface area contributed by atoms with Crippen LogP contribution in [0.3, 0.4) is 0 Å². The molecule has 0 radical (unpaired) electrons. The van der Waals surface area contributed by atoms with Gasteiger partial charge < -0.3 is 16.0 Å². The van der Waals surface area contributed by atoms with Gasteiger partial charge >= 0.3 is 0 Å². The lowest BCUT2D eigenvalue weighted by Gasteiger charge is -2.26. The smallest absolute Gasteiger partial charge is 0.242 e. The van der Waals surface area contributed by atoms with Crippen LogP contribution in [-0.2, 0) is 9.59 Å². The molecule has 5 nitrogen and oxygen atoms in total. The van der Waals surface area contributed by atoms with E-state index in [0.717, 1.165) is 16.7 Å². The maximum absolute atomic E-state index is 12.4. The van der Waals surface area contributed by atoms with Crippen molar-refractivity contribution in [2.24, 2.45) is 11.7 Å². The molecule has 0 aliphatic heterocycles. The maximum Gasteiger partial charge on any atom is 0.242 e. The van der Waals surface area contributed by atoms with Crippen LogP contribution in [0.4, 0.5) is 0 Å². The Balaban J connectivity index is 1.96. The number of carbonyl (C=O) groups is 2. The Kier molecular flexibility index (Phi) is 7.13. The first-order valence-corrected chi connectivity index (χ1v) is 9.25. The molecule has 1 unspecified atom stereocenters. The van der Waals surface area contributed by atoms with Crippen LogP contribution < -0.4 is 11.1 Å². The third-order valence-corrected chi connectivity index (χ3v) is 4.91. The minimum absolute atomic E-state index is 0.0277. The summed E-state index contributed by atoms with van der Waals surface area (Å²) in [5.41, 5.74) is 9.13. The fraction of sp³-hybridized carbons (Fsp3) is 0.364. The summed E-state index contributed by atoms with van der Waals surface area (Å²) < 4.78 is 0. The average molecular weight is 367 g/mol. The molecule has 2 aromatic rings. The lowest BCUT2D eigenvalue weighted by molar-refractivity contribution is -0.133. The van der Waals surface area contributed by atoms with Crippen molar-refractivity contribution in [2.75, 3.05) is 13.6 Å². The molecule has 5 heteroatoms. The number of hydrogen-bond donors (Lipinski definition) is 2. The van der Waals surface area contributed by atoms with E-state index in [1.807, 2.05) is 51.1 Å². The number of hydrogen-bond acceptors (Lipinski definition) is 3. The number of carbonyl (C=O) groups excluding carboxylic acids is 2. The quantitative estimate of drug-likeness (QED) is 0.790. The van der Waals surface area contributed by atoms with E-state index in [0.29, 0.717) is 0 Å². The normalized spacial score (nSPS) is 13.1. The van der Waals surface area contributed by atoms with E-state index in [1.165, 1.54) is 0 Å². The Morgan fingerprint density at radius 1 is 0.963 bits per heavy atom. The number of benzene rings is 2. The van der Waals surface area contributed by atoms with Gasteiger partial charge in [-0.1, -0.05) is 68.4 Å². The highest BCUT2D eigenvalue weighted by molar-refractivity contribution is 5.87. The minimum Gasteiger partial charge on any atom is -0.346 e. The molecule has 27 heavy (non-hydrogen) atoms. The minimum atomic E-state index is -0.605. The molecule has 0 aliphatic carbocycles. The second kappa shape index (κ2) is 9.33. The first kappa shape index (κ1) is 20.6. The molecule has 0 aromatic heterocycles. The lowest BCUT2D eigenvalue weighted by atomic mass is 10.0. The molecule has 0 spiro atoms. The number of likely N-dealkylation sites (N-methyl/N-ethyl adjacent to an activating group) is 1. The van der Waals surface area contributed by atoms with Crippen molar-refractivity contribution in [3.63, 3.8) is 0 Å². The van der Waals surface area contributed by atoms with Crippen molar-refractivity contribution >= 4 is 11.8 Å². The summed E-state index contributed by atoms with van der Waals surface area (Å²) >= 11 is 0. The number of nitrogens with two attached hydrogens (primary N) is 1. The molecule has 2 rings (SSSR count). The van der Waals surface area contributed by atoms with E-state index in [4.69, 9.17) is 5.73 Å². The summed E-state index contributed by atoms with van der Waals surface area (Å²) in [7, 11) is 1.74. The highest BCUT2D eigenvalue weighted by Gasteiger charge is 2.21. The zero-order chi connectivity index (χ0) is 20.0. The van der Waals surface area contributed by atoms with Crippen molar-refractivity contribution in [1.29, 1.82) is 0 Å². The van der Waals surface area contributed by atoms with Crippen LogP contribution in [0.1, 0.15) is 32.4 Å². The van der Waals surface area contributed by atoms with Crippen molar-refractivity contribution in [2.45, 2.75) is 32.9 Å². The fourth-order valence-electron chi connectivity index (χ4n) is 2.73. The van der Waals surface area contributed by atoms with Crippen molar-refractivity contribution in [1.82, 2.24) is 10.2 Å². The SMILES string of the molecule is CC(C)[C@H](N)C(=O)NCC(=O)N(C)C(C)c1ccc(-c2ccccc2)cc1. The van der Waals surface area contributed by atoms with Gasteiger partial charge in [0.2, 0.25) is 11.8 Å². The molecule has 2 aromatic carbocycles. The zero-order valence-corrected chi connectivity index (χ0v) is 16.5. The van der Waals surface area contributed by atoms with Gasteiger partial charge in [0.15, 0.2) is 0 Å². The largest absolute Gasteiger partial charge is 0.346 e. The lowest BCUT2D eigenvalue weighted by Crippen LogP contribution is -2.47. The third-order valence-electron chi connectivity index (χ3n) is 4.91. The highest BCUT2D eigenvalue weighted by atomic mass is 16.2. The van der Waals surface area contributed by atoms with Gasteiger partial charge in [-0.2, -0.15) is 0 Å². The predicted molar refractivity (Wildman–Crippen MR) is 109 cm³/mol. The molecule has 2 amide bonds. The maximum atomic E-state index is 12.4. The molecule has 0 saturated heterocycles. The zero-order valence-electron chi connectivity index (χ0n) is 16.5. The average Bonchev–Trinajstić information content (AvgIpc) is 2.70. The Bertz CT molecular complexity index is 757. The summed E-state index contributed by atoms with van der Waals surface area (Å²) in [5, 5.41) is 2.63. The van der Waals surface area contributed by atoms with Crippen molar-refractivity contribution in [3.8, 4) is 11.1 Å².